The summed E-state index contributed by atoms with van der Waals surface area (Å²) in [6.45, 7) is 2.08. The predicted molar refractivity (Wildman–Crippen MR) is 74.8 cm³/mol. The number of aliphatic hydroxyl groups excluding tert-OH is 1. The molecule has 0 aliphatic carbocycles. The van der Waals surface area contributed by atoms with Gasteiger partial charge in [-0.3, -0.25) is 4.79 Å². The molecule has 3 N–H and O–H groups in total. The lowest BCUT2D eigenvalue weighted by Crippen LogP contribution is -2.26. The van der Waals surface area contributed by atoms with Crippen molar-refractivity contribution in [2.24, 2.45) is 0 Å². The molecule has 0 saturated heterocycles. The molecule has 0 bridgehead atoms. The highest BCUT2D eigenvalue weighted by Crippen LogP contribution is 2.23. The molecule has 1 aromatic carbocycles. The van der Waals surface area contributed by atoms with E-state index in [1.807, 2.05) is 0 Å². The number of aliphatic hydroxyl groups is 1. The molecule has 1 atom stereocenters. The van der Waals surface area contributed by atoms with Crippen LogP contribution in [0.5, 0.6) is 0 Å². The second-order valence-electron chi connectivity index (χ2n) is 4.68. The maximum Gasteiger partial charge on any atom is 0.253 e. The Labute approximate surface area is 116 Å². The number of halogens is 1. The highest BCUT2D eigenvalue weighted by Gasteiger charge is 2.13. The zero-order valence-corrected chi connectivity index (χ0v) is 11.2. The molecule has 5 heteroatoms. The van der Waals surface area contributed by atoms with Crippen molar-refractivity contribution in [1.82, 2.24) is 10.3 Å². The molecule has 0 saturated carbocycles. The van der Waals surface area contributed by atoms with Crippen LogP contribution >= 0.6 is 0 Å². The number of nitrogens with one attached hydrogen (secondary N) is 2. The standard InChI is InChI=1S/C15H17FN2O2/c1-10(19)6-7-18-15(20)14-9-17-8-13(14)11-2-4-12(16)5-3-11/h2-5,8-10,17,19H,6-7H2,1H3,(H,18,20). The fourth-order valence-electron chi connectivity index (χ4n) is 1.91. The zero-order chi connectivity index (χ0) is 14.5. The average molecular weight is 276 g/mol. The number of aromatic nitrogens is 1. The van der Waals surface area contributed by atoms with E-state index in [4.69, 9.17) is 5.11 Å². The van der Waals surface area contributed by atoms with Crippen molar-refractivity contribution in [3.05, 3.63) is 48.0 Å². The zero-order valence-electron chi connectivity index (χ0n) is 11.2. The Morgan fingerprint density at radius 3 is 2.70 bits per heavy atom. The summed E-state index contributed by atoms with van der Waals surface area (Å²) < 4.78 is 12.9. The van der Waals surface area contributed by atoms with Gasteiger partial charge >= 0.3 is 0 Å². The first-order valence-electron chi connectivity index (χ1n) is 6.47. The van der Waals surface area contributed by atoms with Crippen molar-refractivity contribution >= 4 is 5.91 Å². The monoisotopic (exact) mass is 276 g/mol. The number of benzene rings is 1. The fraction of sp³-hybridized carbons (Fsp3) is 0.267. The lowest BCUT2D eigenvalue weighted by molar-refractivity contribution is 0.0946. The van der Waals surface area contributed by atoms with E-state index in [1.54, 1.807) is 31.5 Å². The van der Waals surface area contributed by atoms with Gasteiger partial charge in [-0.15, -0.1) is 0 Å². The van der Waals surface area contributed by atoms with Crippen molar-refractivity contribution < 1.29 is 14.3 Å². The molecule has 0 fully saturated rings. The van der Waals surface area contributed by atoms with E-state index >= 15 is 0 Å². The Hall–Kier alpha value is -2.14. The number of carbonyl (C=O) groups excluding carboxylic acids is 1. The van der Waals surface area contributed by atoms with Gasteiger partial charge in [0.05, 0.1) is 11.7 Å². The summed E-state index contributed by atoms with van der Waals surface area (Å²) in [6, 6.07) is 5.98. The SMILES string of the molecule is CC(O)CCNC(=O)c1c[nH]cc1-c1ccc(F)cc1. The van der Waals surface area contributed by atoms with E-state index in [-0.39, 0.29) is 11.7 Å². The summed E-state index contributed by atoms with van der Waals surface area (Å²) >= 11 is 0. The molecular weight excluding hydrogens is 259 g/mol. The van der Waals surface area contributed by atoms with Crippen molar-refractivity contribution in [2.75, 3.05) is 6.54 Å². The second-order valence-corrected chi connectivity index (χ2v) is 4.68. The van der Waals surface area contributed by atoms with Gasteiger partial charge in [0.1, 0.15) is 5.82 Å². The highest BCUT2D eigenvalue weighted by molar-refractivity contribution is 6.00. The number of rotatable bonds is 5. The summed E-state index contributed by atoms with van der Waals surface area (Å²) in [5.41, 5.74) is 2.00. The lowest BCUT2D eigenvalue weighted by atomic mass is 10.0. The second kappa shape index (κ2) is 6.34. The lowest BCUT2D eigenvalue weighted by Gasteiger charge is -2.07. The van der Waals surface area contributed by atoms with Crippen LogP contribution in [0.15, 0.2) is 36.7 Å². The summed E-state index contributed by atoms with van der Waals surface area (Å²) in [4.78, 5) is 14.9. The minimum absolute atomic E-state index is 0.216. The van der Waals surface area contributed by atoms with Crippen LogP contribution in [-0.4, -0.2) is 28.6 Å². The molecule has 20 heavy (non-hydrogen) atoms. The fourth-order valence-corrected chi connectivity index (χ4v) is 1.91. The van der Waals surface area contributed by atoms with E-state index in [9.17, 15) is 9.18 Å². The van der Waals surface area contributed by atoms with Crippen LogP contribution in [-0.2, 0) is 0 Å². The molecule has 1 unspecified atom stereocenters. The normalized spacial score (nSPS) is 12.2. The first-order valence-corrected chi connectivity index (χ1v) is 6.47. The highest BCUT2D eigenvalue weighted by atomic mass is 19.1. The molecule has 2 rings (SSSR count). The number of H-pyrrole nitrogens is 1. The minimum Gasteiger partial charge on any atom is -0.393 e. The van der Waals surface area contributed by atoms with Crippen molar-refractivity contribution in [2.45, 2.75) is 19.4 Å². The number of aromatic amines is 1. The van der Waals surface area contributed by atoms with E-state index in [2.05, 4.69) is 10.3 Å². The maximum atomic E-state index is 12.9. The molecule has 106 valence electrons. The molecule has 1 aromatic heterocycles. The Kier molecular flexibility index (Phi) is 4.53. The van der Waals surface area contributed by atoms with Crippen LogP contribution in [0, 0.1) is 5.82 Å². The van der Waals surface area contributed by atoms with Gasteiger partial charge in [-0.05, 0) is 31.0 Å². The smallest absolute Gasteiger partial charge is 0.253 e. The van der Waals surface area contributed by atoms with Crippen LogP contribution in [0.25, 0.3) is 11.1 Å². The molecule has 0 spiro atoms. The van der Waals surface area contributed by atoms with E-state index in [0.29, 0.717) is 18.5 Å². The van der Waals surface area contributed by atoms with Crippen LogP contribution < -0.4 is 5.32 Å². The molecule has 0 radical (unpaired) electrons. The largest absolute Gasteiger partial charge is 0.393 e. The van der Waals surface area contributed by atoms with Gasteiger partial charge in [-0.2, -0.15) is 0 Å². The third-order valence-electron chi connectivity index (χ3n) is 2.99. The number of amides is 1. The van der Waals surface area contributed by atoms with Gasteiger partial charge in [-0.1, -0.05) is 12.1 Å². The van der Waals surface area contributed by atoms with Crippen LogP contribution in [0.4, 0.5) is 4.39 Å². The number of carbonyl (C=O) groups is 1. The van der Waals surface area contributed by atoms with Crippen molar-refractivity contribution in [3.8, 4) is 11.1 Å². The van der Waals surface area contributed by atoms with Gasteiger partial charge < -0.3 is 15.4 Å². The van der Waals surface area contributed by atoms with Gasteiger partial charge in [0.25, 0.3) is 5.91 Å². The third kappa shape index (κ3) is 3.45. The molecule has 2 aromatic rings. The Balaban J connectivity index is 2.12. The third-order valence-corrected chi connectivity index (χ3v) is 2.99. The van der Waals surface area contributed by atoms with Gasteiger partial charge in [0.15, 0.2) is 0 Å². The summed E-state index contributed by atoms with van der Waals surface area (Å²) in [5, 5.41) is 11.9. The van der Waals surface area contributed by atoms with Gasteiger partial charge in [0, 0.05) is 24.5 Å². The van der Waals surface area contributed by atoms with Crippen molar-refractivity contribution in [3.63, 3.8) is 0 Å². The maximum absolute atomic E-state index is 12.9. The predicted octanol–water partition coefficient (Wildman–Crippen LogP) is 2.32. The Morgan fingerprint density at radius 1 is 1.35 bits per heavy atom. The molecule has 0 aliphatic rings. The molecule has 1 amide bonds. The summed E-state index contributed by atoms with van der Waals surface area (Å²) in [7, 11) is 0. The van der Waals surface area contributed by atoms with Crippen molar-refractivity contribution in [1.29, 1.82) is 0 Å². The molecule has 4 nitrogen and oxygen atoms in total. The van der Waals surface area contributed by atoms with E-state index in [1.165, 1.54) is 12.1 Å². The Bertz CT molecular complexity index is 576. The van der Waals surface area contributed by atoms with E-state index < -0.39 is 6.10 Å². The van der Waals surface area contributed by atoms with Gasteiger partial charge in [0.2, 0.25) is 0 Å². The van der Waals surface area contributed by atoms with Crippen LogP contribution in [0.3, 0.4) is 0 Å². The molecule has 0 aliphatic heterocycles. The van der Waals surface area contributed by atoms with E-state index in [0.717, 1.165) is 11.1 Å². The quantitative estimate of drug-likeness (QED) is 0.784. The molecule has 1 heterocycles. The first-order chi connectivity index (χ1) is 9.58. The first kappa shape index (κ1) is 14.3. The topological polar surface area (TPSA) is 65.1 Å². The number of hydrogen-bond acceptors (Lipinski definition) is 2. The summed E-state index contributed by atoms with van der Waals surface area (Å²) in [5.74, 6) is -0.529. The average Bonchev–Trinajstić information content (AvgIpc) is 2.88. The molecular formula is C15H17FN2O2. The minimum atomic E-state index is -0.446. The van der Waals surface area contributed by atoms with Crippen LogP contribution in [0.2, 0.25) is 0 Å². The number of hydrogen-bond donors (Lipinski definition) is 3. The van der Waals surface area contributed by atoms with Crippen LogP contribution in [0.1, 0.15) is 23.7 Å². The Morgan fingerprint density at radius 2 is 2.05 bits per heavy atom. The van der Waals surface area contributed by atoms with Gasteiger partial charge in [-0.25, -0.2) is 4.39 Å². The summed E-state index contributed by atoms with van der Waals surface area (Å²) in [6.07, 6.45) is 3.37.